The fraction of sp³-hybridized carbons (Fsp3) is 0.364. The number of carbonyl (C=O) groups is 2. The zero-order chi connectivity index (χ0) is 19.5. The van der Waals surface area contributed by atoms with Gasteiger partial charge >= 0.3 is 0 Å². The molecule has 2 aromatic rings. The summed E-state index contributed by atoms with van der Waals surface area (Å²) in [6.45, 7) is 2.40. The van der Waals surface area contributed by atoms with Gasteiger partial charge in [-0.15, -0.1) is 11.3 Å². The summed E-state index contributed by atoms with van der Waals surface area (Å²) in [4.78, 5) is 30.3. The number of rotatable bonds is 5. The molecule has 0 saturated carbocycles. The minimum absolute atomic E-state index is 0.0565. The monoisotopic (exact) mass is 396 g/mol. The molecule has 28 heavy (non-hydrogen) atoms. The van der Waals surface area contributed by atoms with Gasteiger partial charge in [-0.1, -0.05) is 24.3 Å². The molecule has 146 valence electrons. The zero-order valence-electron chi connectivity index (χ0n) is 16.0. The van der Waals surface area contributed by atoms with Gasteiger partial charge in [0.2, 0.25) is 11.8 Å². The molecule has 0 bridgehead atoms. The second-order valence-electron chi connectivity index (χ2n) is 7.26. The fourth-order valence-corrected chi connectivity index (χ4v) is 4.65. The quantitative estimate of drug-likeness (QED) is 0.778. The Hall–Kier alpha value is -2.60. The Morgan fingerprint density at radius 2 is 2.07 bits per heavy atom. The SMILES string of the molecule is COc1ccc(CN2CC(C(=O)N3CC=C(c4cccs4)CC3)CC2=O)cc1. The van der Waals surface area contributed by atoms with E-state index < -0.39 is 0 Å². The highest BCUT2D eigenvalue weighted by Gasteiger charge is 2.36. The van der Waals surface area contributed by atoms with Crippen molar-refractivity contribution in [2.24, 2.45) is 5.92 Å². The number of thiophene rings is 1. The second kappa shape index (κ2) is 8.19. The molecular weight excluding hydrogens is 372 g/mol. The molecule has 1 fully saturated rings. The van der Waals surface area contributed by atoms with Crippen LogP contribution in [-0.2, 0) is 16.1 Å². The van der Waals surface area contributed by atoms with Gasteiger partial charge in [0.05, 0.1) is 13.0 Å². The van der Waals surface area contributed by atoms with Gasteiger partial charge in [-0.05, 0) is 41.1 Å². The average Bonchev–Trinajstić information content (AvgIpc) is 3.39. The molecule has 1 unspecified atom stereocenters. The number of hydrogen-bond acceptors (Lipinski definition) is 4. The summed E-state index contributed by atoms with van der Waals surface area (Å²) < 4.78 is 5.17. The molecule has 0 N–H and O–H groups in total. The maximum atomic E-state index is 12.9. The highest BCUT2D eigenvalue weighted by atomic mass is 32.1. The summed E-state index contributed by atoms with van der Waals surface area (Å²) in [5.74, 6) is 0.722. The normalized spacial score (nSPS) is 19.7. The first-order valence-corrected chi connectivity index (χ1v) is 10.4. The second-order valence-corrected chi connectivity index (χ2v) is 8.21. The predicted octanol–water partition coefficient (Wildman–Crippen LogP) is 3.42. The van der Waals surface area contributed by atoms with Gasteiger partial charge in [0.25, 0.3) is 0 Å². The number of benzene rings is 1. The number of nitrogens with zero attached hydrogens (tertiary/aromatic N) is 2. The van der Waals surface area contributed by atoms with Crippen LogP contribution in [0.15, 0.2) is 47.9 Å². The topological polar surface area (TPSA) is 49.9 Å². The summed E-state index contributed by atoms with van der Waals surface area (Å²) in [5, 5.41) is 2.08. The lowest BCUT2D eigenvalue weighted by Crippen LogP contribution is -2.39. The number of carbonyl (C=O) groups excluding carboxylic acids is 2. The maximum Gasteiger partial charge on any atom is 0.228 e. The van der Waals surface area contributed by atoms with Gasteiger partial charge < -0.3 is 14.5 Å². The lowest BCUT2D eigenvalue weighted by atomic mass is 10.0. The number of ether oxygens (including phenoxy) is 1. The Bertz CT molecular complexity index is 874. The van der Waals surface area contributed by atoms with E-state index >= 15 is 0 Å². The van der Waals surface area contributed by atoms with Crippen molar-refractivity contribution in [1.82, 2.24) is 9.80 Å². The number of methoxy groups -OCH3 is 1. The minimum atomic E-state index is -0.234. The van der Waals surface area contributed by atoms with Crippen LogP contribution >= 0.6 is 11.3 Å². The van der Waals surface area contributed by atoms with Gasteiger partial charge in [-0.3, -0.25) is 9.59 Å². The molecule has 2 aliphatic rings. The summed E-state index contributed by atoms with van der Waals surface area (Å²) in [5.41, 5.74) is 2.37. The Morgan fingerprint density at radius 1 is 1.25 bits per heavy atom. The summed E-state index contributed by atoms with van der Waals surface area (Å²) in [6.07, 6.45) is 3.34. The van der Waals surface area contributed by atoms with Crippen LogP contribution in [0.4, 0.5) is 0 Å². The standard InChI is InChI=1S/C22H24N2O3S/c1-27-19-6-4-16(5-7-19)14-24-15-18(13-21(24)25)22(26)23-10-8-17(9-11-23)20-3-2-12-28-20/h2-8,12,18H,9-11,13-15H2,1H3. The fourth-order valence-electron chi connectivity index (χ4n) is 3.85. The smallest absolute Gasteiger partial charge is 0.228 e. The first-order chi connectivity index (χ1) is 13.6. The molecule has 2 aliphatic heterocycles. The molecule has 0 aliphatic carbocycles. The van der Waals surface area contributed by atoms with Crippen molar-refractivity contribution in [1.29, 1.82) is 0 Å². The molecule has 6 heteroatoms. The van der Waals surface area contributed by atoms with Crippen molar-refractivity contribution in [3.8, 4) is 5.75 Å². The van der Waals surface area contributed by atoms with Crippen molar-refractivity contribution < 1.29 is 14.3 Å². The Kier molecular flexibility index (Phi) is 5.48. The molecule has 1 aromatic carbocycles. The van der Waals surface area contributed by atoms with E-state index in [-0.39, 0.29) is 17.7 Å². The van der Waals surface area contributed by atoms with Crippen LogP contribution in [0.2, 0.25) is 0 Å². The van der Waals surface area contributed by atoms with Crippen molar-refractivity contribution in [2.75, 3.05) is 26.7 Å². The van der Waals surface area contributed by atoms with E-state index in [0.717, 1.165) is 24.3 Å². The average molecular weight is 397 g/mol. The number of amides is 2. The lowest BCUT2D eigenvalue weighted by molar-refractivity contribution is -0.135. The van der Waals surface area contributed by atoms with Gasteiger partial charge in [-0.25, -0.2) is 0 Å². The van der Waals surface area contributed by atoms with Crippen LogP contribution in [0.1, 0.15) is 23.3 Å². The van der Waals surface area contributed by atoms with E-state index in [1.165, 1.54) is 10.5 Å². The number of hydrogen-bond donors (Lipinski definition) is 0. The molecule has 3 heterocycles. The van der Waals surface area contributed by atoms with Gasteiger partial charge in [0.15, 0.2) is 0 Å². The molecule has 1 saturated heterocycles. The third kappa shape index (κ3) is 3.97. The maximum absolute atomic E-state index is 12.9. The van der Waals surface area contributed by atoms with Crippen LogP contribution in [0.5, 0.6) is 5.75 Å². The highest BCUT2D eigenvalue weighted by molar-refractivity contribution is 7.11. The summed E-state index contributed by atoms with van der Waals surface area (Å²) >= 11 is 1.74. The molecule has 5 nitrogen and oxygen atoms in total. The van der Waals surface area contributed by atoms with Crippen LogP contribution in [-0.4, -0.2) is 48.4 Å². The van der Waals surface area contributed by atoms with Gasteiger partial charge in [0.1, 0.15) is 5.75 Å². The molecule has 0 spiro atoms. The van der Waals surface area contributed by atoms with Gasteiger partial charge in [0, 0.05) is 37.5 Å². The Balaban J connectivity index is 1.35. The van der Waals surface area contributed by atoms with E-state index in [0.29, 0.717) is 26.1 Å². The van der Waals surface area contributed by atoms with E-state index in [4.69, 9.17) is 4.74 Å². The Morgan fingerprint density at radius 3 is 2.71 bits per heavy atom. The molecule has 1 atom stereocenters. The van der Waals surface area contributed by atoms with Crippen molar-refractivity contribution in [3.05, 3.63) is 58.3 Å². The zero-order valence-corrected chi connectivity index (χ0v) is 16.8. The van der Waals surface area contributed by atoms with Crippen LogP contribution in [0.3, 0.4) is 0 Å². The number of likely N-dealkylation sites (tertiary alicyclic amines) is 1. The van der Waals surface area contributed by atoms with Crippen LogP contribution in [0, 0.1) is 5.92 Å². The minimum Gasteiger partial charge on any atom is -0.497 e. The molecule has 1 aromatic heterocycles. The molecular formula is C22H24N2O3S. The lowest BCUT2D eigenvalue weighted by Gasteiger charge is -2.28. The van der Waals surface area contributed by atoms with E-state index in [1.54, 1.807) is 23.3 Å². The third-order valence-electron chi connectivity index (χ3n) is 5.45. The van der Waals surface area contributed by atoms with Crippen molar-refractivity contribution in [3.63, 3.8) is 0 Å². The first-order valence-electron chi connectivity index (χ1n) is 9.56. The molecule has 0 radical (unpaired) electrons. The highest BCUT2D eigenvalue weighted by Crippen LogP contribution is 2.28. The molecule has 2 amide bonds. The Labute approximate surface area is 169 Å². The van der Waals surface area contributed by atoms with E-state index in [9.17, 15) is 9.59 Å². The van der Waals surface area contributed by atoms with Crippen LogP contribution in [0.25, 0.3) is 5.57 Å². The summed E-state index contributed by atoms with van der Waals surface area (Å²) in [6, 6.07) is 11.9. The van der Waals surface area contributed by atoms with E-state index in [1.807, 2.05) is 29.2 Å². The summed E-state index contributed by atoms with van der Waals surface area (Å²) in [7, 11) is 1.63. The third-order valence-corrected chi connectivity index (χ3v) is 6.40. The molecule has 4 rings (SSSR count). The van der Waals surface area contributed by atoms with Gasteiger partial charge in [-0.2, -0.15) is 0 Å². The predicted molar refractivity (Wildman–Crippen MR) is 110 cm³/mol. The van der Waals surface area contributed by atoms with E-state index in [2.05, 4.69) is 23.6 Å². The van der Waals surface area contributed by atoms with Crippen molar-refractivity contribution in [2.45, 2.75) is 19.4 Å². The largest absolute Gasteiger partial charge is 0.497 e. The van der Waals surface area contributed by atoms with Crippen LogP contribution < -0.4 is 4.74 Å². The van der Waals surface area contributed by atoms with Crippen molar-refractivity contribution >= 4 is 28.7 Å². The first kappa shape index (κ1) is 18.7.